The quantitative estimate of drug-likeness (QED) is 0.622. The van der Waals surface area contributed by atoms with Crippen molar-refractivity contribution in [2.45, 2.75) is 77.7 Å². The number of rotatable bonds is 7. The smallest absolute Gasteiger partial charge is 0.169 e. The third-order valence-corrected chi connectivity index (χ3v) is 12.8. The van der Waals surface area contributed by atoms with E-state index < -0.39 is 14.3 Å². The van der Waals surface area contributed by atoms with Crippen LogP contribution in [0.15, 0.2) is 24.4 Å². The minimum Gasteiger partial charge on any atom is -0.389 e. The fourth-order valence-corrected chi connectivity index (χ4v) is 12.0. The molecule has 1 aromatic heterocycles. The molecule has 0 saturated carbocycles. The molecule has 0 aliphatic heterocycles. The summed E-state index contributed by atoms with van der Waals surface area (Å²) in [6, 6.07) is 6.45. The maximum atomic E-state index is 10.4. The van der Waals surface area contributed by atoms with E-state index in [1.165, 1.54) is 16.5 Å². The van der Waals surface area contributed by atoms with Crippen molar-refractivity contribution in [1.82, 2.24) is 9.13 Å². The van der Waals surface area contributed by atoms with Gasteiger partial charge in [-0.15, -0.1) is 0 Å². The largest absolute Gasteiger partial charge is 0.389 e. The average Bonchev–Trinajstić information content (AvgIpc) is 2.85. The Labute approximate surface area is 161 Å². The van der Waals surface area contributed by atoms with Crippen LogP contribution in [0.5, 0.6) is 0 Å². The van der Waals surface area contributed by atoms with E-state index in [0.29, 0.717) is 16.6 Å². The zero-order chi connectivity index (χ0) is 19.8. The number of nitrogens with zero attached hydrogens (tertiary/aromatic N) is 2. The fourth-order valence-electron chi connectivity index (χ4n) is 5.36. The molecule has 0 radical (unpaired) electrons. The maximum absolute atomic E-state index is 10.4. The Balaban J connectivity index is 2.93. The lowest BCUT2D eigenvalue weighted by Crippen LogP contribution is -2.51. The zero-order valence-corrected chi connectivity index (χ0v) is 19.2. The van der Waals surface area contributed by atoms with E-state index in [-0.39, 0.29) is 0 Å². The van der Waals surface area contributed by atoms with Crippen LogP contribution in [0.4, 0.5) is 0 Å². The summed E-state index contributed by atoms with van der Waals surface area (Å²) in [6.07, 6.45) is 1.96. The molecular weight excluding hydrogens is 336 g/mol. The third-order valence-electron chi connectivity index (χ3n) is 6.07. The summed E-state index contributed by atoms with van der Waals surface area (Å²) in [5.41, 5.74) is 5.61. The van der Waals surface area contributed by atoms with E-state index in [9.17, 15) is 5.11 Å². The number of benzene rings is 1. The Bertz CT molecular complexity index is 722. The van der Waals surface area contributed by atoms with Crippen molar-refractivity contribution in [3.63, 3.8) is 0 Å². The van der Waals surface area contributed by atoms with Gasteiger partial charge in [0.2, 0.25) is 0 Å². The summed E-state index contributed by atoms with van der Waals surface area (Å²) in [4.78, 5) is 2.22. The highest BCUT2D eigenvalue weighted by atomic mass is 28.3. The second-order valence-corrected chi connectivity index (χ2v) is 14.8. The molecule has 3 nitrogen and oxygen atoms in total. The van der Waals surface area contributed by atoms with Crippen LogP contribution < -0.4 is 0 Å². The lowest BCUT2D eigenvalue weighted by Gasteiger charge is -2.44. The van der Waals surface area contributed by atoms with Gasteiger partial charge in [-0.1, -0.05) is 53.7 Å². The topological polar surface area (TPSA) is 28.4 Å². The van der Waals surface area contributed by atoms with E-state index in [2.05, 4.69) is 89.2 Å². The first-order valence-electron chi connectivity index (χ1n) is 10.0. The van der Waals surface area contributed by atoms with Crippen LogP contribution in [0.3, 0.4) is 0 Å². The summed E-state index contributed by atoms with van der Waals surface area (Å²) in [7, 11) is 2.39. The fraction of sp³-hybridized carbons (Fsp3) is 0.636. The minimum atomic E-state index is -1.84. The molecule has 0 aliphatic rings. The minimum absolute atomic E-state index is 0.455. The SMILES string of the molecule is CC(O)c1cccc2c1c(CN(C)C)cn2[Si](C(C)C)(C(C)C)C(C)C. The van der Waals surface area contributed by atoms with Gasteiger partial charge in [0.25, 0.3) is 0 Å². The molecule has 1 atom stereocenters. The van der Waals surface area contributed by atoms with Crippen LogP contribution in [0.2, 0.25) is 16.6 Å². The van der Waals surface area contributed by atoms with Gasteiger partial charge >= 0.3 is 0 Å². The van der Waals surface area contributed by atoms with Crippen molar-refractivity contribution in [2.24, 2.45) is 0 Å². The van der Waals surface area contributed by atoms with Crippen molar-refractivity contribution in [2.75, 3.05) is 14.1 Å². The van der Waals surface area contributed by atoms with Gasteiger partial charge in [-0.05, 0) is 54.8 Å². The maximum Gasteiger partial charge on any atom is 0.169 e. The number of hydrogen-bond acceptors (Lipinski definition) is 2. The molecule has 0 fully saturated rings. The Kier molecular flexibility index (Phi) is 6.42. The summed E-state index contributed by atoms with van der Waals surface area (Å²) >= 11 is 0. The standard InChI is InChI=1S/C22H38N2OSi/c1-15(2)26(16(3)4,17(5)6)24-14-19(13-23(8)9)22-20(18(7)25)11-10-12-21(22)24/h10-12,14-18,25H,13H2,1-9H3. The zero-order valence-electron chi connectivity index (χ0n) is 18.2. The normalized spacial score (nSPS) is 14.4. The van der Waals surface area contributed by atoms with E-state index in [1.807, 2.05) is 6.92 Å². The van der Waals surface area contributed by atoms with Gasteiger partial charge in [-0.25, -0.2) is 0 Å². The van der Waals surface area contributed by atoms with Crippen molar-refractivity contribution in [1.29, 1.82) is 0 Å². The molecule has 0 amide bonds. The van der Waals surface area contributed by atoms with Crippen molar-refractivity contribution in [3.8, 4) is 0 Å². The molecule has 0 bridgehead atoms. The number of aliphatic hydroxyl groups is 1. The molecule has 1 N–H and O–H groups in total. The average molecular weight is 375 g/mol. The lowest BCUT2D eigenvalue weighted by molar-refractivity contribution is 0.201. The van der Waals surface area contributed by atoms with Gasteiger partial charge in [0.05, 0.1) is 6.10 Å². The summed E-state index contributed by atoms with van der Waals surface area (Å²) in [5, 5.41) is 11.7. The highest BCUT2D eigenvalue weighted by molar-refractivity contribution is 6.82. The van der Waals surface area contributed by atoms with Gasteiger partial charge in [-0.3, -0.25) is 0 Å². The van der Waals surface area contributed by atoms with E-state index in [1.54, 1.807) is 0 Å². The van der Waals surface area contributed by atoms with Gasteiger partial charge in [0.1, 0.15) is 0 Å². The molecule has 146 valence electrons. The molecule has 2 rings (SSSR count). The Morgan fingerprint density at radius 1 is 0.962 bits per heavy atom. The Hall–Kier alpha value is -1.10. The number of aliphatic hydroxyl groups excluding tert-OH is 1. The molecule has 4 heteroatoms. The van der Waals surface area contributed by atoms with Crippen LogP contribution in [0.25, 0.3) is 10.9 Å². The Morgan fingerprint density at radius 2 is 1.50 bits per heavy atom. The van der Waals surface area contributed by atoms with Crippen LogP contribution in [-0.4, -0.2) is 36.6 Å². The van der Waals surface area contributed by atoms with Crippen LogP contribution >= 0.6 is 0 Å². The van der Waals surface area contributed by atoms with Crippen LogP contribution in [-0.2, 0) is 6.54 Å². The molecule has 0 spiro atoms. The first kappa shape index (κ1) is 21.2. The predicted octanol–water partition coefficient (Wildman–Crippen LogP) is 5.78. The number of fused-ring (bicyclic) bond motifs is 1. The first-order chi connectivity index (χ1) is 12.0. The Morgan fingerprint density at radius 3 is 1.92 bits per heavy atom. The molecule has 1 aromatic carbocycles. The third kappa shape index (κ3) is 3.39. The first-order valence-corrected chi connectivity index (χ1v) is 12.2. The highest BCUT2D eigenvalue weighted by Crippen LogP contribution is 2.45. The summed E-state index contributed by atoms with van der Waals surface area (Å²) < 4.78 is 2.67. The number of hydrogen-bond donors (Lipinski definition) is 1. The van der Waals surface area contributed by atoms with E-state index in [4.69, 9.17) is 0 Å². The van der Waals surface area contributed by atoms with Crippen molar-refractivity contribution in [3.05, 3.63) is 35.5 Å². The monoisotopic (exact) mass is 374 g/mol. The lowest BCUT2D eigenvalue weighted by atomic mass is 10.0. The van der Waals surface area contributed by atoms with E-state index in [0.717, 1.165) is 12.1 Å². The van der Waals surface area contributed by atoms with Crippen LogP contribution in [0.1, 0.15) is 65.7 Å². The molecular formula is C22H38N2OSi. The molecule has 1 heterocycles. The molecule has 1 unspecified atom stereocenters. The number of aromatic nitrogens is 1. The molecule has 26 heavy (non-hydrogen) atoms. The second-order valence-electron chi connectivity index (χ2n) is 9.03. The van der Waals surface area contributed by atoms with Gasteiger partial charge in [0.15, 0.2) is 8.24 Å². The van der Waals surface area contributed by atoms with Crippen LogP contribution in [0, 0.1) is 0 Å². The highest BCUT2D eigenvalue weighted by Gasteiger charge is 2.46. The summed E-state index contributed by atoms with van der Waals surface area (Å²) in [5.74, 6) is 0. The van der Waals surface area contributed by atoms with E-state index >= 15 is 0 Å². The second kappa shape index (κ2) is 7.87. The summed E-state index contributed by atoms with van der Waals surface area (Å²) in [6.45, 7) is 17.2. The van der Waals surface area contributed by atoms with Gasteiger partial charge in [0, 0.05) is 23.6 Å². The molecule has 0 saturated heterocycles. The van der Waals surface area contributed by atoms with Gasteiger partial charge < -0.3 is 14.2 Å². The molecule has 0 aliphatic carbocycles. The van der Waals surface area contributed by atoms with Crippen molar-refractivity contribution < 1.29 is 5.11 Å². The van der Waals surface area contributed by atoms with Crippen molar-refractivity contribution >= 4 is 19.1 Å². The predicted molar refractivity (Wildman–Crippen MR) is 116 cm³/mol. The van der Waals surface area contributed by atoms with Gasteiger partial charge in [-0.2, -0.15) is 0 Å². The molecule has 2 aromatic rings.